The van der Waals surface area contributed by atoms with Crippen molar-refractivity contribution < 1.29 is 17.7 Å². The number of benzene rings is 1. The Morgan fingerprint density at radius 2 is 1.75 bits per heavy atom. The highest BCUT2D eigenvalue weighted by molar-refractivity contribution is 7.86. The Bertz CT molecular complexity index is 917. The van der Waals surface area contributed by atoms with E-state index in [1.54, 1.807) is 35.2 Å². The van der Waals surface area contributed by atoms with Gasteiger partial charge in [0.2, 0.25) is 0 Å². The largest absolute Gasteiger partial charge is 0.355 e. The molecule has 0 bridgehead atoms. The molecular formula is C18H23ClN4O4S. The van der Waals surface area contributed by atoms with Gasteiger partial charge in [-0.05, 0) is 24.3 Å². The first kappa shape index (κ1) is 20.8. The van der Waals surface area contributed by atoms with Crippen LogP contribution in [0.1, 0.15) is 24.3 Å². The second-order valence-electron chi connectivity index (χ2n) is 6.37. The lowest BCUT2D eigenvalue weighted by molar-refractivity contribution is 0.0684. The van der Waals surface area contributed by atoms with Crippen LogP contribution in [0.3, 0.4) is 0 Å². The maximum Gasteiger partial charge on any atom is 0.282 e. The standard InChI is InChI=1S/C18H23ClN4O4S/c1-3-22(4-2)28(25,26)23-11-9-21(10-12-23)18(24)16-13-17(27-20-16)14-5-7-15(19)8-6-14/h5-8,13H,3-4,9-12H2,1-2H3. The molecule has 0 radical (unpaired) electrons. The summed E-state index contributed by atoms with van der Waals surface area (Å²) in [7, 11) is -3.49. The lowest BCUT2D eigenvalue weighted by Crippen LogP contribution is -2.54. The molecule has 8 nitrogen and oxygen atoms in total. The van der Waals surface area contributed by atoms with Crippen LogP contribution in [0.2, 0.25) is 5.02 Å². The fraction of sp³-hybridized carbons (Fsp3) is 0.444. The van der Waals surface area contributed by atoms with E-state index in [1.165, 1.54) is 8.61 Å². The first-order chi connectivity index (χ1) is 13.4. The van der Waals surface area contributed by atoms with Crippen molar-refractivity contribution in [2.45, 2.75) is 13.8 Å². The summed E-state index contributed by atoms with van der Waals surface area (Å²) in [4.78, 5) is 14.3. The maximum absolute atomic E-state index is 12.7. The average Bonchev–Trinajstić information content (AvgIpc) is 3.19. The SMILES string of the molecule is CCN(CC)S(=O)(=O)N1CCN(C(=O)c2cc(-c3ccc(Cl)cc3)on2)CC1. The highest BCUT2D eigenvalue weighted by Crippen LogP contribution is 2.23. The van der Waals surface area contributed by atoms with Gasteiger partial charge in [-0.3, -0.25) is 4.79 Å². The van der Waals surface area contributed by atoms with Gasteiger partial charge in [0, 0.05) is 55.9 Å². The molecule has 0 saturated carbocycles. The van der Waals surface area contributed by atoms with Crippen molar-refractivity contribution in [1.29, 1.82) is 0 Å². The normalized spacial score (nSPS) is 15.9. The maximum atomic E-state index is 12.7. The van der Waals surface area contributed by atoms with E-state index in [2.05, 4.69) is 5.16 Å². The van der Waals surface area contributed by atoms with Gasteiger partial charge in [-0.1, -0.05) is 30.6 Å². The van der Waals surface area contributed by atoms with Gasteiger partial charge in [0.25, 0.3) is 16.1 Å². The van der Waals surface area contributed by atoms with Crippen LogP contribution in [-0.2, 0) is 10.2 Å². The topological polar surface area (TPSA) is 87.0 Å². The molecule has 2 heterocycles. The molecule has 1 amide bonds. The fourth-order valence-corrected chi connectivity index (χ4v) is 4.85. The van der Waals surface area contributed by atoms with Crippen LogP contribution in [0.15, 0.2) is 34.9 Å². The minimum absolute atomic E-state index is 0.199. The number of carbonyl (C=O) groups is 1. The molecule has 152 valence electrons. The average molecular weight is 427 g/mol. The number of piperazine rings is 1. The minimum Gasteiger partial charge on any atom is -0.355 e. The molecule has 0 spiro atoms. The third-order valence-corrected chi connectivity index (χ3v) is 7.18. The van der Waals surface area contributed by atoms with Crippen LogP contribution in [-0.4, -0.2) is 72.3 Å². The Kier molecular flexibility index (Phi) is 6.39. The Morgan fingerprint density at radius 1 is 1.14 bits per heavy atom. The molecule has 0 aliphatic carbocycles. The summed E-state index contributed by atoms with van der Waals surface area (Å²) in [5.74, 6) is 0.201. The summed E-state index contributed by atoms with van der Waals surface area (Å²) in [6.07, 6.45) is 0. The van der Waals surface area contributed by atoms with Crippen molar-refractivity contribution in [2.75, 3.05) is 39.3 Å². The zero-order valence-electron chi connectivity index (χ0n) is 15.8. The first-order valence-corrected chi connectivity index (χ1v) is 10.9. The number of nitrogens with zero attached hydrogens (tertiary/aromatic N) is 4. The van der Waals surface area contributed by atoms with Crippen LogP contribution in [0, 0.1) is 0 Å². The molecule has 1 saturated heterocycles. The molecule has 1 aliphatic heterocycles. The molecular weight excluding hydrogens is 404 g/mol. The van der Waals surface area contributed by atoms with Gasteiger partial charge in [0.1, 0.15) is 0 Å². The fourth-order valence-electron chi connectivity index (χ4n) is 3.12. The molecule has 1 aliphatic rings. The number of rotatable bonds is 6. The van der Waals surface area contributed by atoms with E-state index in [1.807, 2.05) is 13.8 Å². The molecule has 0 unspecified atom stereocenters. The second kappa shape index (κ2) is 8.60. The van der Waals surface area contributed by atoms with E-state index in [4.69, 9.17) is 16.1 Å². The molecule has 10 heteroatoms. The predicted molar refractivity (Wildman–Crippen MR) is 106 cm³/mol. The van der Waals surface area contributed by atoms with E-state index < -0.39 is 10.2 Å². The monoisotopic (exact) mass is 426 g/mol. The third-order valence-electron chi connectivity index (χ3n) is 4.74. The van der Waals surface area contributed by atoms with Gasteiger partial charge in [-0.15, -0.1) is 0 Å². The van der Waals surface area contributed by atoms with Crippen LogP contribution in [0.5, 0.6) is 0 Å². The lowest BCUT2D eigenvalue weighted by Gasteiger charge is -2.35. The number of hydrogen-bond acceptors (Lipinski definition) is 5. The van der Waals surface area contributed by atoms with Gasteiger partial charge in [0.05, 0.1) is 0 Å². The van der Waals surface area contributed by atoms with Crippen LogP contribution < -0.4 is 0 Å². The highest BCUT2D eigenvalue weighted by atomic mass is 35.5. The van der Waals surface area contributed by atoms with Crippen molar-refractivity contribution in [3.05, 3.63) is 41.0 Å². The summed E-state index contributed by atoms with van der Waals surface area (Å²) < 4.78 is 33.3. The lowest BCUT2D eigenvalue weighted by atomic mass is 10.1. The Hall–Kier alpha value is -1.94. The van der Waals surface area contributed by atoms with E-state index in [0.29, 0.717) is 37.0 Å². The van der Waals surface area contributed by atoms with Gasteiger partial charge in [0.15, 0.2) is 11.5 Å². The van der Waals surface area contributed by atoms with E-state index in [9.17, 15) is 13.2 Å². The molecule has 1 fully saturated rings. The number of amides is 1. The van der Waals surface area contributed by atoms with Crippen LogP contribution >= 0.6 is 11.6 Å². The molecule has 1 aromatic carbocycles. The van der Waals surface area contributed by atoms with Crippen molar-refractivity contribution in [3.8, 4) is 11.3 Å². The van der Waals surface area contributed by atoms with Gasteiger partial charge in [-0.25, -0.2) is 0 Å². The molecule has 28 heavy (non-hydrogen) atoms. The Labute approximate surface area is 169 Å². The third kappa shape index (κ3) is 4.22. The van der Waals surface area contributed by atoms with Crippen molar-refractivity contribution in [3.63, 3.8) is 0 Å². The number of halogens is 1. The van der Waals surface area contributed by atoms with Crippen LogP contribution in [0.4, 0.5) is 0 Å². The van der Waals surface area contributed by atoms with E-state index >= 15 is 0 Å². The molecule has 3 rings (SSSR count). The summed E-state index contributed by atoms with van der Waals surface area (Å²) in [6.45, 7) is 5.59. The van der Waals surface area contributed by atoms with Gasteiger partial charge in [-0.2, -0.15) is 17.0 Å². The number of aromatic nitrogens is 1. The predicted octanol–water partition coefficient (Wildman–Crippen LogP) is 2.34. The summed E-state index contributed by atoms with van der Waals surface area (Å²) in [5, 5.41) is 4.48. The minimum atomic E-state index is -3.49. The van der Waals surface area contributed by atoms with Gasteiger partial charge >= 0.3 is 0 Å². The van der Waals surface area contributed by atoms with Gasteiger partial charge < -0.3 is 9.42 Å². The zero-order valence-corrected chi connectivity index (χ0v) is 17.4. The second-order valence-corrected chi connectivity index (χ2v) is 8.73. The van der Waals surface area contributed by atoms with Crippen molar-refractivity contribution in [2.24, 2.45) is 0 Å². The van der Waals surface area contributed by atoms with Crippen molar-refractivity contribution >= 4 is 27.7 Å². The molecule has 0 atom stereocenters. The van der Waals surface area contributed by atoms with Crippen LogP contribution in [0.25, 0.3) is 11.3 Å². The summed E-state index contributed by atoms with van der Waals surface area (Å²) >= 11 is 5.88. The summed E-state index contributed by atoms with van der Waals surface area (Å²) in [5.41, 5.74) is 0.969. The quantitative estimate of drug-likeness (QED) is 0.707. The van der Waals surface area contributed by atoms with E-state index in [-0.39, 0.29) is 24.7 Å². The first-order valence-electron chi connectivity index (χ1n) is 9.14. The molecule has 2 aromatic rings. The smallest absolute Gasteiger partial charge is 0.282 e. The summed E-state index contributed by atoms with van der Waals surface area (Å²) in [6, 6.07) is 8.62. The molecule has 1 aromatic heterocycles. The number of carbonyl (C=O) groups excluding carboxylic acids is 1. The number of hydrogen-bond donors (Lipinski definition) is 0. The zero-order chi connectivity index (χ0) is 20.3. The molecule has 0 N–H and O–H groups in total. The van der Waals surface area contributed by atoms with E-state index in [0.717, 1.165) is 5.56 Å². The Morgan fingerprint density at radius 3 is 2.32 bits per heavy atom. The highest BCUT2D eigenvalue weighted by Gasteiger charge is 2.33. The Balaban J connectivity index is 1.65. The van der Waals surface area contributed by atoms with Crippen molar-refractivity contribution in [1.82, 2.24) is 18.7 Å².